The number of nitrogens with zero attached hydrogens (tertiary/aromatic N) is 1. The lowest BCUT2D eigenvalue weighted by Crippen LogP contribution is -2.45. The molecule has 2 atom stereocenters. The van der Waals surface area contributed by atoms with E-state index >= 15 is 0 Å². The zero-order chi connectivity index (χ0) is 16.9. The molecule has 5 nitrogen and oxygen atoms in total. The molecule has 0 fully saturated rings. The number of anilines is 1. The largest absolute Gasteiger partial charge is 0.377 e. The van der Waals surface area contributed by atoms with Gasteiger partial charge in [-0.2, -0.15) is 0 Å². The Balaban J connectivity index is 2.07. The van der Waals surface area contributed by atoms with Crippen molar-refractivity contribution in [1.82, 2.24) is 10.3 Å². The van der Waals surface area contributed by atoms with Crippen molar-refractivity contribution in [1.29, 1.82) is 0 Å². The highest BCUT2D eigenvalue weighted by molar-refractivity contribution is 7.09. The van der Waals surface area contributed by atoms with Gasteiger partial charge in [0.25, 0.3) is 0 Å². The molecule has 0 aliphatic rings. The first-order valence-electron chi connectivity index (χ1n) is 7.60. The fourth-order valence-electron chi connectivity index (χ4n) is 2.21. The van der Waals surface area contributed by atoms with Crippen molar-refractivity contribution in [3.05, 3.63) is 46.4 Å². The second kappa shape index (κ2) is 7.57. The Morgan fingerprint density at radius 1 is 1.48 bits per heavy atom. The van der Waals surface area contributed by atoms with Gasteiger partial charge in [-0.05, 0) is 38.0 Å². The molecule has 0 saturated carbocycles. The van der Waals surface area contributed by atoms with Crippen LogP contribution in [0.25, 0.3) is 0 Å². The lowest BCUT2D eigenvalue weighted by atomic mass is 10.0. The number of hydrogen-bond donors (Lipinski definition) is 2. The van der Waals surface area contributed by atoms with Gasteiger partial charge in [-0.3, -0.25) is 0 Å². The van der Waals surface area contributed by atoms with E-state index in [0.29, 0.717) is 0 Å². The molecule has 0 aliphatic carbocycles. The smallest absolute Gasteiger partial charge is 0.320 e. The molecule has 0 bridgehead atoms. The normalized spacial score (nSPS) is 14.8. The molecule has 2 N–H and O–H groups in total. The van der Waals surface area contributed by atoms with Gasteiger partial charge in [-0.1, -0.05) is 19.1 Å². The van der Waals surface area contributed by atoms with E-state index in [1.807, 2.05) is 50.4 Å². The number of methoxy groups -OCH3 is 1. The van der Waals surface area contributed by atoms with E-state index < -0.39 is 5.54 Å². The van der Waals surface area contributed by atoms with Gasteiger partial charge >= 0.3 is 6.03 Å². The summed E-state index contributed by atoms with van der Waals surface area (Å²) in [6.45, 7) is 5.98. The molecule has 1 heterocycles. The van der Waals surface area contributed by atoms with E-state index in [9.17, 15) is 4.79 Å². The van der Waals surface area contributed by atoms with Gasteiger partial charge in [0, 0.05) is 24.4 Å². The summed E-state index contributed by atoms with van der Waals surface area (Å²) in [6, 6.07) is 7.41. The molecule has 0 aliphatic heterocycles. The Bertz CT molecular complexity index is 645. The van der Waals surface area contributed by atoms with Crippen LogP contribution in [0.4, 0.5) is 10.5 Å². The number of nitrogens with one attached hydrogen (secondary N) is 2. The molecular formula is C17H23N3O2S. The number of thiazole rings is 1. The molecule has 2 rings (SSSR count). The van der Waals surface area contributed by atoms with Crippen LogP contribution in [-0.4, -0.2) is 18.1 Å². The minimum Gasteiger partial charge on any atom is -0.377 e. The van der Waals surface area contributed by atoms with Crippen molar-refractivity contribution in [2.75, 3.05) is 12.4 Å². The van der Waals surface area contributed by atoms with E-state index in [-0.39, 0.29) is 12.1 Å². The standard InChI is InChI=1S/C17H23N3O2S/c1-5-17(3,15-18-9-10-23-15)20-16(21)19-14-8-6-7-13(11-14)12(2)22-4/h6-12H,5H2,1-4H3,(H2,19,20,21)/t12-,17-/m0/s1. The van der Waals surface area contributed by atoms with Crippen molar-refractivity contribution in [2.45, 2.75) is 38.8 Å². The third kappa shape index (κ3) is 4.30. The minimum absolute atomic E-state index is 0.0176. The summed E-state index contributed by atoms with van der Waals surface area (Å²) in [5.74, 6) is 0. The predicted octanol–water partition coefficient (Wildman–Crippen LogP) is 4.30. The van der Waals surface area contributed by atoms with Crippen LogP contribution in [0.1, 0.15) is 43.9 Å². The van der Waals surface area contributed by atoms with E-state index in [0.717, 1.165) is 22.7 Å². The number of rotatable bonds is 6. The molecule has 2 amide bonds. The Kier molecular flexibility index (Phi) is 5.74. The third-order valence-electron chi connectivity index (χ3n) is 3.97. The zero-order valence-electron chi connectivity index (χ0n) is 13.9. The summed E-state index contributed by atoms with van der Waals surface area (Å²) in [5, 5.41) is 8.72. The number of carbonyl (C=O) groups excluding carboxylic acids is 1. The van der Waals surface area contributed by atoms with Gasteiger partial charge in [0.1, 0.15) is 5.01 Å². The number of urea groups is 1. The molecule has 0 unspecified atom stereocenters. The second-order valence-electron chi connectivity index (χ2n) is 5.61. The van der Waals surface area contributed by atoms with E-state index in [4.69, 9.17) is 4.74 Å². The highest BCUT2D eigenvalue weighted by Gasteiger charge is 2.29. The lowest BCUT2D eigenvalue weighted by Gasteiger charge is -2.27. The Morgan fingerprint density at radius 3 is 2.87 bits per heavy atom. The van der Waals surface area contributed by atoms with Gasteiger partial charge in [-0.15, -0.1) is 11.3 Å². The number of amides is 2. The number of carbonyl (C=O) groups is 1. The highest BCUT2D eigenvalue weighted by atomic mass is 32.1. The van der Waals surface area contributed by atoms with Crippen LogP contribution < -0.4 is 10.6 Å². The molecule has 6 heteroatoms. The summed E-state index contributed by atoms with van der Waals surface area (Å²) in [5.41, 5.74) is 1.28. The molecular weight excluding hydrogens is 310 g/mol. The first-order chi connectivity index (χ1) is 11.0. The van der Waals surface area contributed by atoms with Crippen LogP contribution in [0.15, 0.2) is 35.8 Å². The van der Waals surface area contributed by atoms with Crippen LogP contribution in [0.2, 0.25) is 0 Å². The highest BCUT2D eigenvalue weighted by Crippen LogP contribution is 2.26. The van der Waals surface area contributed by atoms with Gasteiger partial charge in [-0.25, -0.2) is 9.78 Å². The fraction of sp³-hybridized carbons (Fsp3) is 0.412. The summed E-state index contributed by atoms with van der Waals surface area (Å²) < 4.78 is 5.31. The molecule has 0 spiro atoms. The Labute approximate surface area is 141 Å². The maximum atomic E-state index is 12.4. The van der Waals surface area contributed by atoms with E-state index in [1.165, 1.54) is 0 Å². The van der Waals surface area contributed by atoms with Crippen LogP contribution in [0.5, 0.6) is 0 Å². The molecule has 0 radical (unpaired) electrons. The van der Waals surface area contributed by atoms with Crippen molar-refractivity contribution in [2.24, 2.45) is 0 Å². The average Bonchev–Trinajstić information content (AvgIpc) is 3.09. The van der Waals surface area contributed by atoms with Crippen LogP contribution in [-0.2, 0) is 10.3 Å². The van der Waals surface area contributed by atoms with Crippen LogP contribution >= 0.6 is 11.3 Å². The SMILES string of the molecule is CC[C@](C)(NC(=O)Nc1cccc([C@H](C)OC)c1)c1nccs1. The maximum Gasteiger partial charge on any atom is 0.320 e. The molecule has 124 valence electrons. The predicted molar refractivity (Wildman–Crippen MR) is 93.8 cm³/mol. The second-order valence-corrected chi connectivity index (χ2v) is 6.50. The molecule has 2 aromatic rings. The third-order valence-corrected chi connectivity index (χ3v) is 5.01. The topological polar surface area (TPSA) is 63.2 Å². The monoisotopic (exact) mass is 333 g/mol. The van der Waals surface area contributed by atoms with Gasteiger partial charge in [0.2, 0.25) is 0 Å². The van der Waals surface area contributed by atoms with Gasteiger partial charge in [0.15, 0.2) is 0 Å². The lowest BCUT2D eigenvalue weighted by molar-refractivity contribution is 0.119. The number of aromatic nitrogens is 1. The summed E-state index contributed by atoms with van der Waals surface area (Å²) in [6.07, 6.45) is 2.49. The van der Waals surface area contributed by atoms with Crippen molar-refractivity contribution in [3.63, 3.8) is 0 Å². The molecule has 23 heavy (non-hydrogen) atoms. The number of benzene rings is 1. The quantitative estimate of drug-likeness (QED) is 0.828. The van der Waals surface area contributed by atoms with Crippen molar-refractivity contribution < 1.29 is 9.53 Å². The molecule has 0 saturated heterocycles. The molecule has 1 aromatic heterocycles. The van der Waals surface area contributed by atoms with Crippen LogP contribution in [0, 0.1) is 0 Å². The maximum absolute atomic E-state index is 12.4. The van der Waals surface area contributed by atoms with Gasteiger partial charge < -0.3 is 15.4 Å². The van der Waals surface area contributed by atoms with E-state index in [1.54, 1.807) is 24.6 Å². The van der Waals surface area contributed by atoms with Crippen molar-refractivity contribution >= 4 is 23.1 Å². The van der Waals surface area contributed by atoms with Crippen molar-refractivity contribution in [3.8, 4) is 0 Å². The summed E-state index contributed by atoms with van der Waals surface area (Å²) in [4.78, 5) is 16.7. The van der Waals surface area contributed by atoms with E-state index in [2.05, 4.69) is 15.6 Å². The minimum atomic E-state index is -0.477. The number of hydrogen-bond acceptors (Lipinski definition) is 4. The van der Waals surface area contributed by atoms with Crippen LogP contribution in [0.3, 0.4) is 0 Å². The average molecular weight is 333 g/mol. The fourth-order valence-corrected chi connectivity index (χ4v) is 3.04. The molecule has 1 aromatic carbocycles. The first-order valence-corrected chi connectivity index (χ1v) is 8.48. The Hall–Kier alpha value is -1.92. The summed E-state index contributed by atoms with van der Waals surface area (Å²) in [7, 11) is 1.66. The number of ether oxygens (including phenoxy) is 1. The summed E-state index contributed by atoms with van der Waals surface area (Å²) >= 11 is 1.54. The first kappa shape index (κ1) is 17.4. The Morgan fingerprint density at radius 2 is 2.26 bits per heavy atom. The van der Waals surface area contributed by atoms with Gasteiger partial charge in [0.05, 0.1) is 11.6 Å². The zero-order valence-corrected chi connectivity index (χ0v) is 14.7.